The van der Waals surface area contributed by atoms with Crippen LogP contribution in [0.4, 0.5) is 0 Å². The van der Waals surface area contributed by atoms with Gasteiger partial charge in [-0.3, -0.25) is 14.2 Å². The lowest BCUT2D eigenvalue weighted by atomic mass is 10.1. The molecule has 4 aromatic rings. The lowest BCUT2D eigenvalue weighted by Crippen LogP contribution is -2.33. The molecule has 2 aromatic carbocycles. The number of hydrogen-bond acceptors (Lipinski definition) is 7. The predicted molar refractivity (Wildman–Crippen MR) is 132 cm³/mol. The summed E-state index contributed by atoms with van der Waals surface area (Å²) in [7, 11) is 3.06. The van der Waals surface area contributed by atoms with Crippen LogP contribution >= 0.6 is 0 Å². The van der Waals surface area contributed by atoms with Crippen molar-refractivity contribution >= 4 is 17.4 Å². The number of esters is 1. The highest BCUT2D eigenvalue weighted by molar-refractivity contribution is 5.93. The maximum atomic E-state index is 13.6. The van der Waals surface area contributed by atoms with Crippen LogP contribution < -0.4 is 20.3 Å². The monoisotopic (exact) mass is 490 g/mol. The largest absolute Gasteiger partial charge is 0.497 e. The van der Waals surface area contributed by atoms with Crippen molar-refractivity contribution < 1.29 is 23.8 Å². The number of nitrogens with zero attached hydrogens (tertiary/aromatic N) is 3. The number of rotatable bonds is 9. The first kappa shape index (κ1) is 24.5. The first-order valence-electron chi connectivity index (χ1n) is 11.3. The van der Waals surface area contributed by atoms with E-state index < -0.39 is 17.4 Å². The van der Waals surface area contributed by atoms with Crippen LogP contribution in [0, 0.1) is 0 Å². The molecular formula is C26H26N4O6. The molecule has 2 aromatic heterocycles. The topological polar surface area (TPSA) is 113 Å². The standard InChI is InChI=1S/C26H26N4O6/c1-4-36-26(33)20-13-21-25(32)29(15-18-10-11-19(34-2)12-23(18)35-3)22(16-30(21)28-20)24(31)27-14-17-8-6-5-7-9-17/h5-13,16H,4,14-15H2,1-3H3,(H,27,31). The second kappa shape index (κ2) is 10.8. The van der Waals surface area contributed by atoms with E-state index in [9.17, 15) is 14.4 Å². The van der Waals surface area contributed by atoms with E-state index in [2.05, 4.69) is 10.4 Å². The van der Waals surface area contributed by atoms with Gasteiger partial charge in [0.15, 0.2) is 5.69 Å². The lowest BCUT2D eigenvalue weighted by molar-refractivity contribution is 0.0519. The number of amides is 1. The predicted octanol–water partition coefficient (Wildman–Crippen LogP) is 2.67. The molecule has 0 aliphatic rings. The van der Waals surface area contributed by atoms with Crippen molar-refractivity contribution in [3.05, 3.63) is 93.7 Å². The molecule has 2 heterocycles. The second-order valence-corrected chi connectivity index (χ2v) is 7.83. The summed E-state index contributed by atoms with van der Waals surface area (Å²) < 4.78 is 18.3. The molecule has 10 heteroatoms. The normalized spacial score (nSPS) is 10.8. The number of ether oxygens (including phenoxy) is 3. The zero-order valence-corrected chi connectivity index (χ0v) is 20.2. The van der Waals surface area contributed by atoms with Crippen LogP contribution in [0.25, 0.3) is 5.52 Å². The molecular weight excluding hydrogens is 464 g/mol. The van der Waals surface area contributed by atoms with Gasteiger partial charge in [-0.15, -0.1) is 0 Å². The third-order valence-electron chi connectivity index (χ3n) is 5.57. The average Bonchev–Trinajstić information content (AvgIpc) is 3.34. The van der Waals surface area contributed by atoms with Crippen molar-refractivity contribution in [2.75, 3.05) is 20.8 Å². The minimum Gasteiger partial charge on any atom is -0.497 e. The minimum absolute atomic E-state index is 0.0237. The van der Waals surface area contributed by atoms with Crippen LogP contribution in [0.3, 0.4) is 0 Å². The van der Waals surface area contributed by atoms with Crippen molar-refractivity contribution in [1.29, 1.82) is 0 Å². The lowest BCUT2D eigenvalue weighted by Gasteiger charge is -2.16. The van der Waals surface area contributed by atoms with E-state index in [1.54, 1.807) is 32.2 Å². The maximum absolute atomic E-state index is 13.6. The number of aromatic nitrogens is 3. The quantitative estimate of drug-likeness (QED) is 0.359. The Labute approximate surface area is 207 Å². The third kappa shape index (κ3) is 5.07. The number of carbonyl (C=O) groups excluding carboxylic acids is 2. The smallest absolute Gasteiger partial charge is 0.358 e. The van der Waals surface area contributed by atoms with Gasteiger partial charge in [-0.2, -0.15) is 5.10 Å². The Morgan fingerprint density at radius 1 is 1.03 bits per heavy atom. The van der Waals surface area contributed by atoms with Crippen molar-refractivity contribution in [2.45, 2.75) is 20.0 Å². The molecule has 186 valence electrons. The van der Waals surface area contributed by atoms with Gasteiger partial charge in [-0.25, -0.2) is 9.31 Å². The van der Waals surface area contributed by atoms with Crippen LogP contribution in [0.1, 0.15) is 39.0 Å². The summed E-state index contributed by atoms with van der Waals surface area (Å²) >= 11 is 0. The molecule has 4 rings (SSSR count). The molecule has 1 amide bonds. The van der Waals surface area contributed by atoms with E-state index in [1.165, 1.54) is 28.5 Å². The van der Waals surface area contributed by atoms with Crippen LogP contribution in [0.15, 0.2) is 65.6 Å². The van der Waals surface area contributed by atoms with Crippen LogP contribution in [0.5, 0.6) is 11.5 Å². The molecule has 36 heavy (non-hydrogen) atoms. The molecule has 0 aliphatic heterocycles. The fourth-order valence-corrected chi connectivity index (χ4v) is 3.75. The van der Waals surface area contributed by atoms with Gasteiger partial charge >= 0.3 is 5.97 Å². The Morgan fingerprint density at radius 2 is 1.81 bits per heavy atom. The minimum atomic E-state index is -0.654. The van der Waals surface area contributed by atoms with Gasteiger partial charge in [0.1, 0.15) is 22.7 Å². The van der Waals surface area contributed by atoms with Gasteiger partial charge in [-0.1, -0.05) is 30.3 Å². The summed E-state index contributed by atoms with van der Waals surface area (Å²) in [5.74, 6) is -0.0378. The average molecular weight is 491 g/mol. The van der Waals surface area contributed by atoms with Crippen LogP contribution in [0.2, 0.25) is 0 Å². The van der Waals surface area contributed by atoms with Crippen molar-refractivity contribution in [3.8, 4) is 11.5 Å². The Hall–Kier alpha value is -4.60. The zero-order chi connectivity index (χ0) is 25.7. The van der Waals surface area contributed by atoms with Gasteiger partial charge in [0.05, 0.1) is 33.6 Å². The second-order valence-electron chi connectivity index (χ2n) is 7.83. The molecule has 0 atom stereocenters. The van der Waals surface area contributed by atoms with E-state index in [0.29, 0.717) is 17.1 Å². The molecule has 0 bridgehead atoms. The Bertz CT molecular complexity index is 1460. The van der Waals surface area contributed by atoms with Crippen molar-refractivity contribution in [1.82, 2.24) is 19.5 Å². The number of hydrogen-bond donors (Lipinski definition) is 1. The molecule has 0 saturated carbocycles. The van der Waals surface area contributed by atoms with E-state index in [-0.39, 0.29) is 36.6 Å². The Kier molecular flexibility index (Phi) is 7.33. The fourth-order valence-electron chi connectivity index (χ4n) is 3.75. The number of nitrogens with one attached hydrogen (secondary N) is 1. The number of methoxy groups -OCH3 is 2. The molecule has 0 saturated heterocycles. The first-order chi connectivity index (χ1) is 17.4. The SMILES string of the molecule is CCOC(=O)c1cc2c(=O)n(Cc3ccc(OC)cc3OC)c(C(=O)NCc3ccccc3)cn2n1. The molecule has 0 spiro atoms. The number of benzene rings is 2. The maximum Gasteiger partial charge on any atom is 0.358 e. The fraction of sp³-hybridized carbons (Fsp3) is 0.231. The summed E-state index contributed by atoms with van der Waals surface area (Å²) in [4.78, 5) is 39.0. The van der Waals surface area contributed by atoms with Crippen LogP contribution in [-0.4, -0.2) is 46.9 Å². The molecule has 0 fully saturated rings. The summed E-state index contributed by atoms with van der Waals surface area (Å²) in [5.41, 5.74) is 1.24. The van der Waals surface area contributed by atoms with Gasteiger partial charge in [0.2, 0.25) is 0 Å². The number of carbonyl (C=O) groups is 2. The van der Waals surface area contributed by atoms with Gasteiger partial charge < -0.3 is 19.5 Å². The van der Waals surface area contributed by atoms with E-state index in [4.69, 9.17) is 14.2 Å². The van der Waals surface area contributed by atoms with Gasteiger partial charge in [-0.05, 0) is 24.6 Å². The van der Waals surface area contributed by atoms with Gasteiger partial charge in [0.25, 0.3) is 11.5 Å². The molecule has 1 N–H and O–H groups in total. The molecule has 0 aliphatic carbocycles. The summed E-state index contributed by atoms with van der Waals surface area (Å²) in [6.07, 6.45) is 1.43. The van der Waals surface area contributed by atoms with E-state index >= 15 is 0 Å². The number of fused-ring (bicyclic) bond motifs is 1. The zero-order valence-electron chi connectivity index (χ0n) is 20.2. The molecule has 10 nitrogen and oxygen atoms in total. The summed E-state index contributed by atoms with van der Waals surface area (Å²) in [6.45, 7) is 2.15. The Morgan fingerprint density at radius 3 is 2.50 bits per heavy atom. The van der Waals surface area contributed by atoms with Crippen LogP contribution in [-0.2, 0) is 17.8 Å². The third-order valence-corrected chi connectivity index (χ3v) is 5.57. The van der Waals surface area contributed by atoms with E-state index in [1.807, 2.05) is 30.3 Å². The van der Waals surface area contributed by atoms with Crippen molar-refractivity contribution in [2.24, 2.45) is 0 Å². The highest BCUT2D eigenvalue weighted by atomic mass is 16.5. The highest BCUT2D eigenvalue weighted by Crippen LogP contribution is 2.25. The molecule has 0 unspecified atom stereocenters. The molecule has 0 radical (unpaired) electrons. The summed E-state index contributed by atoms with van der Waals surface area (Å²) in [6, 6.07) is 16.0. The van der Waals surface area contributed by atoms with Gasteiger partial charge in [0, 0.05) is 24.2 Å². The first-order valence-corrected chi connectivity index (χ1v) is 11.3. The summed E-state index contributed by atoms with van der Waals surface area (Å²) in [5, 5.41) is 7.01. The van der Waals surface area contributed by atoms with E-state index in [0.717, 1.165) is 5.56 Å². The highest BCUT2D eigenvalue weighted by Gasteiger charge is 2.21. The Balaban J connectivity index is 1.79. The van der Waals surface area contributed by atoms with Crippen molar-refractivity contribution in [3.63, 3.8) is 0 Å².